The lowest BCUT2D eigenvalue weighted by molar-refractivity contribution is -0.138. The van der Waals surface area contributed by atoms with Gasteiger partial charge < -0.3 is 9.84 Å². The minimum absolute atomic E-state index is 0.0185. The van der Waals surface area contributed by atoms with E-state index in [0.29, 0.717) is 28.9 Å². The van der Waals surface area contributed by atoms with Gasteiger partial charge in [0.1, 0.15) is 5.82 Å². The van der Waals surface area contributed by atoms with Crippen LogP contribution in [0.3, 0.4) is 0 Å². The molecule has 104 valence electrons. The summed E-state index contributed by atoms with van der Waals surface area (Å²) in [6, 6.07) is 5.00. The number of carbonyl (C=O) groups is 1. The topological polar surface area (TPSA) is 46.5 Å². The van der Waals surface area contributed by atoms with Crippen molar-refractivity contribution in [3.8, 4) is 0 Å². The summed E-state index contributed by atoms with van der Waals surface area (Å²) >= 11 is 1.47. The first-order valence-electron chi connectivity index (χ1n) is 6.15. The van der Waals surface area contributed by atoms with Gasteiger partial charge in [0.15, 0.2) is 0 Å². The first-order valence-corrected chi connectivity index (χ1v) is 7.03. The van der Waals surface area contributed by atoms with Crippen molar-refractivity contribution in [2.45, 2.75) is 35.8 Å². The molecule has 0 aliphatic carbocycles. The number of carboxylic acids is 1. The lowest BCUT2D eigenvalue weighted by Gasteiger charge is -2.26. The summed E-state index contributed by atoms with van der Waals surface area (Å²) in [5, 5.41) is 9.21. The van der Waals surface area contributed by atoms with Gasteiger partial charge in [-0.2, -0.15) is 0 Å². The Balaban J connectivity index is 2.15. The van der Waals surface area contributed by atoms with E-state index in [9.17, 15) is 9.18 Å². The van der Waals surface area contributed by atoms with E-state index in [1.807, 2.05) is 19.9 Å². The summed E-state index contributed by atoms with van der Waals surface area (Å²) in [5.41, 5.74) is 0.136. The molecule has 0 spiro atoms. The van der Waals surface area contributed by atoms with Gasteiger partial charge in [0.05, 0.1) is 24.9 Å². The molecule has 1 heterocycles. The Kier molecular flexibility index (Phi) is 4.16. The Labute approximate surface area is 116 Å². The molecular weight excluding hydrogens is 267 g/mol. The van der Waals surface area contributed by atoms with Crippen LogP contribution in [0.4, 0.5) is 4.39 Å². The largest absolute Gasteiger partial charge is 0.481 e. The van der Waals surface area contributed by atoms with Crippen LogP contribution in [0.5, 0.6) is 0 Å². The highest BCUT2D eigenvalue weighted by atomic mass is 32.2. The van der Waals surface area contributed by atoms with E-state index in [-0.39, 0.29) is 12.2 Å². The zero-order valence-corrected chi connectivity index (χ0v) is 11.8. The molecule has 5 heteroatoms. The van der Waals surface area contributed by atoms with Crippen LogP contribution in [0.15, 0.2) is 23.1 Å². The summed E-state index contributed by atoms with van der Waals surface area (Å²) in [6.45, 7) is 4.94. The SMILES string of the molecule is CC(C)(CC(=O)O)c1ccc(SC2COC2)c(F)c1. The molecule has 0 bridgehead atoms. The third-order valence-corrected chi connectivity index (χ3v) is 4.40. The van der Waals surface area contributed by atoms with Crippen LogP contribution in [-0.2, 0) is 14.9 Å². The Morgan fingerprint density at radius 2 is 2.21 bits per heavy atom. The van der Waals surface area contributed by atoms with Gasteiger partial charge in [-0.1, -0.05) is 19.9 Å². The van der Waals surface area contributed by atoms with E-state index in [1.165, 1.54) is 17.8 Å². The number of benzene rings is 1. The van der Waals surface area contributed by atoms with Crippen molar-refractivity contribution in [1.82, 2.24) is 0 Å². The van der Waals surface area contributed by atoms with Gasteiger partial charge in [0.2, 0.25) is 0 Å². The Bertz CT molecular complexity index is 484. The first kappa shape index (κ1) is 14.3. The summed E-state index contributed by atoms with van der Waals surface area (Å²) in [7, 11) is 0. The van der Waals surface area contributed by atoms with Crippen LogP contribution in [0.25, 0.3) is 0 Å². The maximum Gasteiger partial charge on any atom is 0.304 e. The maximum absolute atomic E-state index is 14.0. The zero-order valence-electron chi connectivity index (χ0n) is 11.0. The Hall–Kier alpha value is -1.07. The summed E-state index contributed by atoms with van der Waals surface area (Å²) < 4.78 is 19.1. The number of ether oxygens (including phenoxy) is 1. The minimum atomic E-state index is -0.879. The minimum Gasteiger partial charge on any atom is -0.481 e. The monoisotopic (exact) mass is 284 g/mol. The summed E-state index contributed by atoms with van der Waals surface area (Å²) in [4.78, 5) is 11.4. The maximum atomic E-state index is 14.0. The van der Waals surface area contributed by atoms with Gasteiger partial charge in [0, 0.05) is 10.3 Å². The van der Waals surface area contributed by atoms with Gasteiger partial charge in [-0.3, -0.25) is 4.79 Å². The van der Waals surface area contributed by atoms with Crippen molar-refractivity contribution < 1.29 is 19.0 Å². The molecule has 0 unspecified atom stereocenters. The molecule has 1 aliphatic rings. The van der Waals surface area contributed by atoms with Crippen LogP contribution in [0.2, 0.25) is 0 Å². The van der Waals surface area contributed by atoms with E-state index in [4.69, 9.17) is 9.84 Å². The fourth-order valence-corrected chi connectivity index (χ4v) is 2.96. The van der Waals surface area contributed by atoms with Crippen LogP contribution >= 0.6 is 11.8 Å². The normalized spacial score (nSPS) is 16.2. The van der Waals surface area contributed by atoms with Crippen LogP contribution < -0.4 is 0 Å². The number of carboxylic acid groups (broad SMARTS) is 1. The van der Waals surface area contributed by atoms with Crippen molar-refractivity contribution in [1.29, 1.82) is 0 Å². The van der Waals surface area contributed by atoms with Crippen LogP contribution in [0.1, 0.15) is 25.8 Å². The summed E-state index contributed by atoms with van der Waals surface area (Å²) in [6.07, 6.45) is -0.0185. The number of aliphatic carboxylic acids is 1. The third-order valence-electron chi connectivity index (χ3n) is 3.21. The second-order valence-electron chi connectivity index (χ2n) is 5.38. The third kappa shape index (κ3) is 3.48. The van der Waals surface area contributed by atoms with Crippen molar-refractivity contribution in [2.24, 2.45) is 0 Å². The molecule has 3 nitrogen and oxygen atoms in total. The van der Waals surface area contributed by atoms with Gasteiger partial charge in [-0.25, -0.2) is 4.39 Å². The molecular formula is C14H17FO3S. The lowest BCUT2D eigenvalue weighted by atomic mass is 9.81. The molecule has 0 saturated carbocycles. The van der Waals surface area contributed by atoms with E-state index in [0.717, 1.165) is 0 Å². The van der Waals surface area contributed by atoms with Gasteiger partial charge in [-0.05, 0) is 17.7 Å². The second kappa shape index (κ2) is 5.51. The molecule has 1 aliphatic heterocycles. The zero-order chi connectivity index (χ0) is 14.0. The average molecular weight is 284 g/mol. The number of rotatable bonds is 5. The highest BCUT2D eigenvalue weighted by Crippen LogP contribution is 2.34. The smallest absolute Gasteiger partial charge is 0.304 e. The van der Waals surface area contributed by atoms with E-state index < -0.39 is 11.4 Å². The van der Waals surface area contributed by atoms with Gasteiger partial charge >= 0.3 is 5.97 Å². The standard InChI is InChI=1S/C14H17FO3S/c1-14(2,6-13(16)17)9-3-4-12(11(15)5-9)19-10-7-18-8-10/h3-5,10H,6-8H2,1-2H3,(H,16,17). The molecule has 0 atom stereocenters. The first-order chi connectivity index (χ1) is 8.88. The van der Waals surface area contributed by atoms with Crippen molar-refractivity contribution >= 4 is 17.7 Å². The predicted molar refractivity (Wildman–Crippen MR) is 72.1 cm³/mol. The Morgan fingerprint density at radius 3 is 2.68 bits per heavy atom. The molecule has 1 saturated heterocycles. The summed E-state index contributed by atoms with van der Waals surface area (Å²) in [5.74, 6) is -1.16. The van der Waals surface area contributed by atoms with E-state index >= 15 is 0 Å². The molecule has 1 aromatic carbocycles. The van der Waals surface area contributed by atoms with E-state index in [1.54, 1.807) is 6.07 Å². The van der Waals surface area contributed by atoms with Gasteiger partial charge in [-0.15, -0.1) is 11.8 Å². The molecule has 0 radical (unpaired) electrons. The van der Waals surface area contributed by atoms with Crippen molar-refractivity contribution in [3.05, 3.63) is 29.6 Å². The van der Waals surface area contributed by atoms with Crippen molar-refractivity contribution in [2.75, 3.05) is 13.2 Å². The van der Waals surface area contributed by atoms with Crippen LogP contribution in [-0.4, -0.2) is 29.5 Å². The molecule has 1 fully saturated rings. The molecule has 1 aromatic rings. The fourth-order valence-electron chi connectivity index (χ4n) is 1.96. The van der Waals surface area contributed by atoms with Crippen LogP contribution in [0, 0.1) is 5.82 Å². The van der Waals surface area contributed by atoms with E-state index in [2.05, 4.69) is 0 Å². The second-order valence-corrected chi connectivity index (χ2v) is 6.72. The highest BCUT2D eigenvalue weighted by molar-refractivity contribution is 8.00. The number of halogens is 1. The highest BCUT2D eigenvalue weighted by Gasteiger charge is 2.26. The van der Waals surface area contributed by atoms with Gasteiger partial charge in [0.25, 0.3) is 0 Å². The number of hydrogen-bond acceptors (Lipinski definition) is 3. The number of hydrogen-bond donors (Lipinski definition) is 1. The molecule has 19 heavy (non-hydrogen) atoms. The number of thioether (sulfide) groups is 1. The fraction of sp³-hybridized carbons (Fsp3) is 0.500. The Morgan fingerprint density at radius 1 is 1.53 bits per heavy atom. The molecule has 0 aromatic heterocycles. The molecule has 1 N–H and O–H groups in total. The lowest BCUT2D eigenvalue weighted by Crippen LogP contribution is -2.30. The average Bonchev–Trinajstić information content (AvgIpc) is 2.23. The quantitative estimate of drug-likeness (QED) is 0.902. The molecule has 2 rings (SSSR count). The molecule has 0 amide bonds. The predicted octanol–water partition coefficient (Wildman–Crippen LogP) is 3.07. The van der Waals surface area contributed by atoms with Crippen molar-refractivity contribution in [3.63, 3.8) is 0 Å².